The molecule has 4 aromatic rings. The molecule has 0 aliphatic carbocycles. The first-order chi connectivity index (χ1) is 16.7. The molecule has 1 aliphatic heterocycles. The molecule has 1 aliphatic rings. The van der Waals surface area contributed by atoms with Gasteiger partial charge in [0.15, 0.2) is 5.82 Å². The number of imidazole rings is 1. The molecule has 2 atom stereocenters. The van der Waals surface area contributed by atoms with Crippen LogP contribution < -0.4 is 10.1 Å². The van der Waals surface area contributed by atoms with Crippen molar-refractivity contribution in [1.82, 2.24) is 29.0 Å². The maximum absolute atomic E-state index is 15.0. The van der Waals surface area contributed by atoms with E-state index in [1.807, 2.05) is 11.9 Å². The second-order valence-corrected chi connectivity index (χ2v) is 8.77. The second kappa shape index (κ2) is 8.99. The number of ether oxygens (including phenoxy) is 1. The Morgan fingerprint density at radius 1 is 1.26 bits per heavy atom. The van der Waals surface area contributed by atoms with E-state index in [-0.39, 0.29) is 22.9 Å². The Morgan fingerprint density at radius 3 is 2.77 bits per heavy atom. The summed E-state index contributed by atoms with van der Waals surface area (Å²) in [5.41, 5.74) is 1.76. The predicted octanol–water partition coefficient (Wildman–Crippen LogP) is 3.92. The fraction of sp³-hybridized carbons (Fsp3) is 0.435. The monoisotopic (exact) mass is 491 g/mol. The number of halogens is 4. The molecule has 0 unspecified atom stereocenters. The Bertz CT molecular complexity index is 1390. The molecule has 0 spiro atoms. The molecular formula is C23H25F4N7O. The number of hydrogen-bond donors (Lipinski definition) is 1. The minimum absolute atomic E-state index is 0.0315. The van der Waals surface area contributed by atoms with E-state index in [0.717, 1.165) is 6.54 Å². The molecule has 4 heterocycles. The van der Waals surface area contributed by atoms with Crippen molar-refractivity contribution in [2.45, 2.75) is 38.5 Å². The number of fused-ring (bicyclic) bond motifs is 2. The number of anilines is 1. The predicted molar refractivity (Wildman–Crippen MR) is 123 cm³/mol. The van der Waals surface area contributed by atoms with E-state index in [4.69, 9.17) is 4.74 Å². The maximum Gasteiger partial charge on any atom is 0.256 e. The number of aryl methyl sites for hydroxylation is 1. The van der Waals surface area contributed by atoms with Gasteiger partial charge in [0.25, 0.3) is 6.43 Å². The highest BCUT2D eigenvalue weighted by Gasteiger charge is 2.28. The van der Waals surface area contributed by atoms with Gasteiger partial charge < -0.3 is 19.5 Å². The molecule has 186 valence electrons. The number of nitrogens with zero attached hydrogens (tertiary/aromatic N) is 6. The van der Waals surface area contributed by atoms with Gasteiger partial charge >= 0.3 is 0 Å². The first kappa shape index (κ1) is 23.3. The van der Waals surface area contributed by atoms with Crippen LogP contribution in [0.4, 0.5) is 23.5 Å². The number of methoxy groups -OCH3 is 1. The van der Waals surface area contributed by atoms with Crippen LogP contribution in [0, 0.1) is 12.7 Å². The highest BCUT2D eigenvalue weighted by atomic mass is 19.3. The van der Waals surface area contributed by atoms with Crippen LogP contribution in [0.1, 0.15) is 12.2 Å². The van der Waals surface area contributed by atoms with Gasteiger partial charge in [0.1, 0.15) is 23.0 Å². The molecule has 5 rings (SSSR count). The molecule has 0 bridgehead atoms. The lowest BCUT2D eigenvalue weighted by atomic mass is 10.0. The molecule has 1 N–H and O–H groups in total. The fourth-order valence-electron chi connectivity index (χ4n) is 4.63. The summed E-state index contributed by atoms with van der Waals surface area (Å²) in [4.78, 5) is 10.5. The third-order valence-corrected chi connectivity index (χ3v) is 6.36. The van der Waals surface area contributed by atoms with Crippen LogP contribution in [0.2, 0.25) is 0 Å². The highest BCUT2D eigenvalue weighted by molar-refractivity contribution is 5.90. The molecule has 0 saturated carbocycles. The third kappa shape index (κ3) is 4.26. The second-order valence-electron chi connectivity index (χ2n) is 8.77. The minimum Gasteiger partial charge on any atom is -0.479 e. The summed E-state index contributed by atoms with van der Waals surface area (Å²) < 4.78 is 64.0. The van der Waals surface area contributed by atoms with E-state index >= 15 is 0 Å². The van der Waals surface area contributed by atoms with Crippen LogP contribution in [0.25, 0.3) is 27.7 Å². The van der Waals surface area contributed by atoms with Crippen molar-refractivity contribution in [1.29, 1.82) is 0 Å². The molecule has 0 radical (unpaired) electrons. The average Bonchev–Trinajstić information content (AvgIpc) is 3.37. The third-order valence-electron chi connectivity index (χ3n) is 6.36. The van der Waals surface area contributed by atoms with E-state index in [2.05, 4.69) is 20.4 Å². The Balaban J connectivity index is 1.56. The molecule has 1 saturated heterocycles. The van der Waals surface area contributed by atoms with Crippen molar-refractivity contribution >= 4 is 22.5 Å². The molecule has 0 amide bonds. The molecule has 1 fully saturated rings. The van der Waals surface area contributed by atoms with Crippen molar-refractivity contribution in [3.8, 4) is 17.0 Å². The van der Waals surface area contributed by atoms with Crippen molar-refractivity contribution in [2.24, 2.45) is 0 Å². The normalized spacial score (nSPS) is 19.2. The van der Waals surface area contributed by atoms with Gasteiger partial charge in [0.05, 0.1) is 25.2 Å². The van der Waals surface area contributed by atoms with Crippen molar-refractivity contribution in [3.05, 3.63) is 36.0 Å². The van der Waals surface area contributed by atoms with Crippen molar-refractivity contribution in [3.63, 3.8) is 0 Å². The fourth-order valence-corrected chi connectivity index (χ4v) is 4.63. The number of likely N-dealkylation sites (tertiary alicyclic amines) is 1. The van der Waals surface area contributed by atoms with E-state index in [9.17, 15) is 17.6 Å². The van der Waals surface area contributed by atoms with Crippen LogP contribution in [0.15, 0.2) is 24.4 Å². The van der Waals surface area contributed by atoms with E-state index < -0.39 is 31.0 Å². The van der Waals surface area contributed by atoms with Gasteiger partial charge in [-0.1, -0.05) is 0 Å². The topological polar surface area (TPSA) is 72.5 Å². The van der Waals surface area contributed by atoms with Gasteiger partial charge in [-0.15, -0.1) is 5.10 Å². The van der Waals surface area contributed by atoms with E-state index in [1.165, 1.54) is 22.3 Å². The summed E-state index contributed by atoms with van der Waals surface area (Å²) in [6.45, 7) is 2.05. The van der Waals surface area contributed by atoms with Crippen LogP contribution in [-0.2, 0) is 6.54 Å². The SMILES string of the molecule is COc1nc(N[C@@H]2CCN(C)C[C@@H]2F)nn2ccc(-c3cc(F)c4nc(C)n(CC(F)F)c4c3)c12. The largest absolute Gasteiger partial charge is 0.479 e. The van der Waals surface area contributed by atoms with Gasteiger partial charge in [-0.25, -0.2) is 27.1 Å². The Morgan fingerprint density at radius 2 is 2.06 bits per heavy atom. The zero-order valence-electron chi connectivity index (χ0n) is 19.5. The number of rotatable bonds is 6. The lowest BCUT2D eigenvalue weighted by molar-refractivity contribution is 0.127. The number of hydrogen-bond acceptors (Lipinski definition) is 6. The number of aromatic nitrogens is 5. The van der Waals surface area contributed by atoms with Crippen molar-refractivity contribution in [2.75, 3.05) is 32.6 Å². The summed E-state index contributed by atoms with van der Waals surface area (Å²) in [7, 11) is 3.32. The Labute approximate surface area is 198 Å². The summed E-state index contributed by atoms with van der Waals surface area (Å²) in [5, 5.41) is 7.51. The zero-order valence-corrected chi connectivity index (χ0v) is 19.5. The summed E-state index contributed by atoms with van der Waals surface area (Å²) in [6.07, 6.45) is -1.43. The van der Waals surface area contributed by atoms with Gasteiger partial charge in [-0.05, 0) is 44.2 Å². The van der Waals surface area contributed by atoms with E-state index in [1.54, 1.807) is 25.3 Å². The number of nitrogens with one attached hydrogen (secondary N) is 1. The van der Waals surface area contributed by atoms with Gasteiger partial charge in [-0.3, -0.25) is 0 Å². The molecule has 12 heteroatoms. The summed E-state index contributed by atoms with van der Waals surface area (Å²) in [5.74, 6) is 0.0989. The number of alkyl halides is 3. The number of piperidine rings is 1. The smallest absolute Gasteiger partial charge is 0.256 e. The van der Waals surface area contributed by atoms with Crippen LogP contribution >= 0.6 is 0 Å². The minimum atomic E-state index is -2.61. The lowest BCUT2D eigenvalue weighted by Crippen LogP contribution is -2.46. The molecular weight excluding hydrogens is 466 g/mol. The van der Waals surface area contributed by atoms with Gasteiger partial charge in [0.2, 0.25) is 11.8 Å². The van der Waals surface area contributed by atoms with Crippen LogP contribution in [0.5, 0.6) is 5.88 Å². The van der Waals surface area contributed by atoms with Crippen LogP contribution in [0.3, 0.4) is 0 Å². The quantitative estimate of drug-likeness (QED) is 0.413. The maximum atomic E-state index is 15.0. The summed E-state index contributed by atoms with van der Waals surface area (Å²) in [6, 6.07) is 4.20. The average molecular weight is 491 g/mol. The Hall–Kier alpha value is -3.41. The Kier molecular flexibility index (Phi) is 5.99. The van der Waals surface area contributed by atoms with Crippen LogP contribution in [-0.4, -0.2) is 74.9 Å². The highest BCUT2D eigenvalue weighted by Crippen LogP contribution is 2.34. The number of benzene rings is 1. The van der Waals surface area contributed by atoms with Gasteiger partial charge in [-0.2, -0.15) is 4.98 Å². The zero-order chi connectivity index (χ0) is 24.9. The molecule has 3 aromatic heterocycles. The molecule has 35 heavy (non-hydrogen) atoms. The van der Waals surface area contributed by atoms with Gasteiger partial charge in [0, 0.05) is 24.8 Å². The standard InChI is InChI=1S/C23H25F4N7O/c1-12-28-20-15(24)8-13(9-18(20)33(12)11-19(26)27)14-4-7-34-21(14)22(35-3)30-23(31-34)29-17-5-6-32(2)10-16(17)25/h4,7-9,16-17,19H,5-6,10-11H2,1-3H3,(H,29,31)/t16-,17+/m0/s1. The first-order valence-corrected chi connectivity index (χ1v) is 11.2. The first-order valence-electron chi connectivity index (χ1n) is 11.2. The van der Waals surface area contributed by atoms with E-state index in [0.29, 0.717) is 35.4 Å². The lowest BCUT2D eigenvalue weighted by Gasteiger charge is -2.32. The molecule has 8 nitrogen and oxygen atoms in total. The summed E-state index contributed by atoms with van der Waals surface area (Å²) >= 11 is 0. The molecule has 1 aromatic carbocycles. The van der Waals surface area contributed by atoms with Crippen molar-refractivity contribution < 1.29 is 22.3 Å².